The van der Waals surface area contributed by atoms with Gasteiger partial charge in [0.1, 0.15) is 24.6 Å². The van der Waals surface area contributed by atoms with Gasteiger partial charge in [-0.05, 0) is 25.1 Å². The van der Waals surface area contributed by atoms with Crippen molar-refractivity contribution in [2.45, 2.75) is 19.5 Å². The van der Waals surface area contributed by atoms with E-state index in [0.29, 0.717) is 19.8 Å². The molecule has 0 amide bonds. The van der Waals surface area contributed by atoms with Crippen molar-refractivity contribution in [3.63, 3.8) is 0 Å². The van der Waals surface area contributed by atoms with Crippen molar-refractivity contribution < 1.29 is 13.9 Å². The van der Waals surface area contributed by atoms with E-state index in [1.807, 2.05) is 30.3 Å². The molecule has 0 saturated carbocycles. The van der Waals surface area contributed by atoms with E-state index in [0.717, 1.165) is 33.8 Å². The second kappa shape index (κ2) is 5.97. The molecule has 1 aromatic heterocycles. The average Bonchev–Trinajstić information content (AvgIpc) is 3.04. The van der Waals surface area contributed by atoms with E-state index in [1.165, 1.54) is 0 Å². The minimum atomic E-state index is 0.114. The number of furan rings is 1. The van der Waals surface area contributed by atoms with Crippen LogP contribution in [0.5, 0.6) is 11.5 Å². The van der Waals surface area contributed by atoms with E-state index in [1.54, 1.807) is 0 Å². The summed E-state index contributed by atoms with van der Waals surface area (Å²) in [5.41, 5.74) is 2.02. The lowest BCUT2D eigenvalue weighted by Crippen LogP contribution is -2.21. The van der Waals surface area contributed by atoms with Crippen LogP contribution >= 0.6 is 0 Å². The Bertz CT molecular complexity index is 791. The van der Waals surface area contributed by atoms with Crippen LogP contribution in [-0.2, 0) is 6.54 Å². The van der Waals surface area contributed by atoms with Gasteiger partial charge in [-0.25, -0.2) is 0 Å². The lowest BCUT2D eigenvalue weighted by atomic mass is 10.1. The van der Waals surface area contributed by atoms with Crippen LogP contribution in [0.1, 0.15) is 24.3 Å². The quantitative estimate of drug-likeness (QED) is 0.789. The molecule has 23 heavy (non-hydrogen) atoms. The molecule has 0 aliphatic carbocycles. The van der Waals surface area contributed by atoms with Gasteiger partial charge in [-0.3, -0.25) is 0 Å². The number of benzene rings is 2. The van der Waals surface area contributed by atoms with Gasteiger partial charge in [-0.2, -0.15) is 0 Å². The van der Waals surface area contributed by atoms with Crippen molar-refractivity contribution in [2.24, 2.45) is 0 Å². The molecule has 4 heteroatoms. The molecular weight excluding hydrogens is 290 g/mol. The third-order valence-corrected chi connectivity index (χ3v) is 4.12. The number of nitrogens with one attached hydrogen (secondary N) is 1. The summed E-state index contributed by atoms with van der Waals surface area (Å²) in [6, 6.07) is 16.3. The predicted molar refractivity (Wildman–Crippen MR) is 88.9 cm³/mol. The first-order valence-corrected chi connectivity index (χ1v) is 7.90. The summed E-state index contributed by atoms with van der Waals surface area (Å²) in [6.07, 6.45) is 0. The van der Waals surface area contributed by atoms with Gasteiger partial charge < -0.3 is 19.2 Å². The summed E-state index contributed by atoms with van der Waals surface area (Å²) in [6.45, 7) is 4.01. The maximum atomic E-state index is 5.91. The molecule has 118 valence electrons. The Morgan fingerprint density at radius 3 is 2.83 bits per heavy atom. The van der Waals surface area contributed by atoms with Crippen molar-refractivity contribution in [3.8, 4) is 11.5 Å². The maximum Gasteiger partial charge on any atom is 0.165 e. The Hall–Kier alpha value is -2.46. The van der Waals surface area contributed by atoms with Gasteiger partial charge in [0.05, 0.1) is 6.04 Å². The highest BCUT2D eigenvalue weighted by Gasteiger charge is 2.17. The van der Waals surface area contributed by atoms with E-state index in [4.69, 9.17) is 13.9 Å². The fourth-order valence-corrected chi connectivity index (χ4v) is 2.85. The first kappa shape index (κ1) is 14.2. The molecule has 1 aliphatic heterocycles. The van der Waals surface area contributed by atoms with E-state index >= 15 is 0 Å². The molecule has 1 N–H and O–H groups in total. The number of hydrogen-bond acceptors (Lipinski definition) is 4. The normalized spacial score (nSPS) is 14.8. The Labute approximate surface area is 135 Å². The minimum absolute atomic E-state index is 0.114. The molecule has 1 atom stereocenters. The van der Waals surface area contributed by atoms with Gasteiger partial charge >= 0.3 is 0 Å². The molecule has 1 aliphatic rings. The fourth-order valence-electron chi connectivity index (χ4n) is 2.85. The lowest BCUT2D eigenvalue weighted by molar-refractivity contribution is 0.169. The third-order valence-electron chi connectivity index (χ3n) is 4.12. The predicted octanol–water partition coefficient (Wildman–Crippen LogP) is 4.05. The van der Waals surface area contributed by atoms with Crippen molar-refractivity contribution >= 4 is 11.0 Å². The second-order valence-corrected chi connectivity index (χ2v) is 5.73. The third kappa shape index (κ3) is 2.78. The lowest BCUT2D eigenvalue weighted by Gasteiger charge is -2.21. The highest BCUT2D eigenvalue weighted by atomic mass is 16.6. The van der Waals surface area contributed by atoms with Crippen molar-refractivity contribution in [2.75, 3.05) is 13.2 Å². The minimum Gasteiger partial charge on any atom is -0.486 e. The standard InChI is InChI=1S/C19H19NO3/c1-13(18-11-14-5-2-3-7-16(14)23-18)20-12-15-6-4-8-17-19(15)22-10-9-21-17/h2-8,11,13,20H,9-10,12H2,1H3. The summed E-state index contributed by atoms with van der Waals surface area (Å²) in [5.74, 6) is 2.61. The van der Waals surface area contributed by atoms with Gasteiger partial charge in [0, 0.05) is 17.5 Å². The number of ether oxygens (including phenoxy) is 2. The number of rotatable bonds is 4. The second-order valence-electron chi connectivity index (χ2n) is 5.73. The van der Waals surface area contributed by atoms with Crippen LogP contribution in [0.25, 0.3) is 11.0 Å². The maximum absolute atomic E-state index is 5.91. The summed E-state index contributed by atoms with van der Waals surface area (Å²) < 4.78 is 17.3. The molecule has 1 unspecified atom stereocenters. The van der Waals surface area contributed by atoms with Gasteiger partial charge in [0.2, 0.25) is 0 Å². The first-order valence-electron chi connectivity index (χ1n) is 7.90. The number of fused-ring (bicyclic) bond motifs is 2. The number of para-hydroxylation sites is 2. The summed E-state index contributed by atoms with van der Waals surface area (Å²) >= 11 is 0. The van der Waals surface area contributed by atoms with E-state index in [2.05, 4.69) is 30.4 Å². The van der Waals surface area contributed by atoms with Gasteiger partial charge in [0.25, 0.3) is 0 Å². The highest BCUT2D eigenvalue weighted by Crippen LogP contribution is 2.34. The SMILES string of the molecule is CC(NCc1cccc2c1OCCO2)c1cc2ccccc2o1. The smallest absolute Gasteiger partial charge is 0.165 e. The molecule has 2 heterocycles. The van der Waals surface area contributed by atoms with Crippen LogP contribution in [0.2, 0.25) is 0 Å². The summed E-state index contributed by atoms with van der Waals surface area (Å²) in [5, 5.41) is 4.63. The Kier molecular flexibility index (Phi) is 3.67. The van der Waals surface area contributed by atoms with Gasteiger partial charge in [-0.15, -0.1) is 0 Å². The molecular formula is C19H19NO3. The molecule has 0 spiro atoms. The average molecular weight is 309 g/mol. The molecule has 4 nitrogen and oxygen atoms in total. The topological polar surface area (TPSA) is 43.6 Å². The Morgan fingerprint density at radius 1 is 1.04 bits per heavy atom. The highest BCUT2D eigenvalue weighted by molar-refractivity contribution is 5.77. The molecule has 3 aromatic rings. The first-order chi connectivity index (χ1) is 11.3. The zero-order valence-corrected chi connectivity index (χ0v) is 13.0. The molecule has 4 rings (SSSR count). The fraction of sp³-hybridized carbons (Fsp3) is 0.263. The van der Waals surface area contributed by atoms with E-state index < -0.39 is 0 Å². The largest absolute Gasteiger partial charge is 0.486 e. The Morgan fingerprint density at radius 2 is 1.91 bits per heavy atom. The van der Waals surface area contributed by atoms with Crippen LogP contribution < -0.4 is 14.8 Å². The molecule has 0 fully saturated rings. The van der Waals surface area contributed by atoms with Crippen molar-refractivity contribution in [1.29, 1.82) is 0 Å². The summed E-state index contributed by atoms with van der Waals surface area (Å²) in [4.78, 5) is 0. The van der Waals surface area contributed by atoms with Crippen LogP contribution in [0, 0.1) is 0 Å². The van der Waals surface area contributed by atoms with Crippen LogP contribution in [0.4, 0.5) is 0 Å². The Balaban J connectivity index is 1.50. The van der Waals surface area contributed by atoms with Crippen molar-refractivity contribution in [1.82, 2.24) is 5.32 Å². The van der Waals surface area contributed by atoms with Crippen LogP contribution in [0.3, 0.4) is 0 Å². The van der Waals surface area contributed by atoms with E-state index in [-0.39, 0.29) is 6.04 Å². The zero-order valence-electron chi connectivity index (χ0n) is 13.0. The van der Waals surface area contributed by atoms with Gasteiger partial charge in [0.15, 0.2) is 11.5 Å². The number of hydrogen-bond donors (Lipinski definition) is 1. The molecule has 0 saturated heterocycles. The molecule has 0 radical (unpaired) electrons. The molecule has 2 aromatic carbocycles. The van der Waals surface area contributed by atoms with Crippen LogP contribution in [-0.4, -0.2) is 13.2 Å². The summed E-state index contributed by atoms with van der Waals surface area (Å²) in [7, 11) is 0. The van der Waals surface area contributed by atoms with Gasteiger partial charge in [-0.1, -0.05) is 30.3 Å². The zero-order chi connectivity index (χ0) is 15.6. The van der Waals surface area contributed by atoms with Crippen LogP contribution in [0.15, 0.2) is 52.9 Å². The molecule has 0 bridgehead atoms. The monoisotopic (exact) mass is 309 g/mol. The van der Waals surface area contributed by atoms with E-state index in [9.17, 15) is 0 Å². The van der Waals surface area contributed by atoms with Crippen molar-refractivity contribution in [3.05, 3.63) is 59.9 Å².